The van der Waals surface area contributed by atoms with Crippen LogP contribution in [-0.4, -0.2) is 48.5 Å². The van der Waals surface area contributed by atoms with Crippen LogP contribution >= 0.6 is 11.3 Å². The Labute approximate surface area is 119 Å². The van der Waals surface area contributed by atoms with Gasteiger partial charge in [0.2, 0.25) is 0 Å². The summed E-state index contributed by atoms with van der Waals surface area (Å²) in [6.07, 6.45) is 1.70. The summed E-state index contributed by atoms with van der Waals surface area (Å²) in [5.74, 6) is -0.0842. The molecule has 0 atom stereocenters. The summed E-state index contributed by atoms with van der Waals surface area (Å²) in [6.45, 7) is 8.69. The average molecular weight is 284 g/mol. The Bertz CT molecular complexity index is 376. The molecule has 0 bridgehead atoms. The fraction of sp³-hybridized carbons (Fsp3) is 0.692. The average Bonchev–Trinajstić information content (AvgIpc) is 2.88. The number of nitrogens with zero attached hydrogens (tertiary/aromatic N) is 2. The van der Waals surface area contributed by atoms with Gasteiger partial charge in [-0.3, -0.25) is 4.79 Å². The van der Waals surface area contributed by atoms with E-state index >= 15 is 0 Å². The van der Waals surface area contributed by atoms with E-state index in [0.29, 0.717) is 18.8 Å². The fourth-order valence-corrected chi connectivity index (χ4v) is 2.58. The van der Waals surface area contributed by atoms with Crippen LogP contribution in [0.3, 0.4) is 0 Å². The third-order valence-corrected chi connectivity index (χ3v) is 3.88. The molecule has 3 N–H and O–H groups in total. The van der Waals surface area contributed by atoms with E-state index in [1.54, 1.807) is 5.38 Å². The second-order valence-corrected chi connectivity index (χ2v) is 5.24. The molecule has 1 heterocycles. The van der Waals surface area contributed by atoms with Gasteiger partial charge in [0.1, 0.15) is 5.69 Å². The molecular weight excluding hydrogens is 260 g/mol. The van der Waals surface area contributed by atoms with Crippen LogP contribution in [0, 0.1) is 0 Å². The molecular formula is C13H24N4OS. The van der Waals surface area contributed by atoms with Crippen molar-refractivity contribution < 1.29 is 4.79 Å². The molecule has 0 spiro atoms. The minimum atomic E-state index is -0.0842. The number of rotatable bonds is 9. The zero-order valence-electron chi connectivity index (χ0n) is 11.8. The van der Waals surface area contributed by atoms with Crippen molar-refractivity contribution in [2.24, 2.45) is 5.73 Å². The molecule has 1 amide bonds. The zero-order valence-corrected chi connectivity index (χ0v) is 12.6. The van der Waals surface area contributed by atoms with Crippen LogP contribution < -0.4 is 11.1 Å². The molecule has 0 fully saturated rings. The molecule has 0 aromatic carbocycles. The third-order valence-electron chi connectivity index (χ3n) is 2.97. The standard InChI is InChI=1S/C13H24N4OS/c1-3-17(4-2)9-5-8-15-13(18)11-10-19-12(16-11)6-7-14/h10H,3-9,14H2,1-2H3,(H,15,18). The van der Waals surface area contributed by atoms with Gasteiger partial charge in [0.15, 0.2) is 0 Å². The molecule has 1 aromatic rings. The molecule has 0 radical (unpaired) electrons. The Balaban J connectivity index is 2.26. The molecule has 1 rings (SSSR count). The van der Waals surface area contributed by atoms with Crippen LogP contribution in [0.15, 0.2) is 5.38 Å². The summed E-state index contributed by atoms with van der Waals surface area (Å²) >= 11 is 1.49. The first-order valence-corrected chi connectivity index (χ1v) is 7.74. The first-order valence-electron chi connectivity index (χ1n) is 6.86. The predicted octanol–water partition coefficient (Wildman–Crippen LogP) is 1.11. The molecule has 1 aromatic heterocycles. The maximum absolute atomic E-state index is 11.8. The molecule has 5 nitrogen and oxygen atoms in total. The normalized spacial score (nSPS) is 10.9. The molecule has 6 heteroatoms. The zero-order chi connectivity index (χ0) is 14.1. The second-order valence-electron chi connectivity index (χ2n) is 4.30. The highest BCUT2D eigenvalue weighted by Gasteiger charge is 2.09. The maximum atomic E-state index is 11.8. The number of aromatic nitrogens is 1. The van der Waals surface area contributed by atoms with Crippen molar-refractivity contribution in [3.63, 3.8) is 0 Å². The summed E-state index contributed by atoms with van der Waals surface area (Å²) in [7, 11) is 0. The van der Waals surface area contributed by atoms with Crippen LogP contribution in [0.25, 0.3) is 0 Å². The lowest BCUT2D eigenvalue weighted by molar-refractivity contribution is 0.0947. The molecule has 108 valence electrons. The van der Waals surface area contributed by atoms with Crippen LogP contribution in [0.5, 0.6) is 0 Å². The molecule has 0 aliphatic carbocycles. The highest BCUT2D eigenvalue weighted by Crippen LogP contribution is 2.09. The molecule has 0 aliphatic heterocycles. The van der Waals surface area contributed by atoms with Crippen LogP contribution in [0.2, 0.25) is 0 Å². The van der Waals surface area contributed by atoms with Crippen molar-refractivity contribution in [1.82, 2.24) is 15.2 Å². The number of amides is 1. The van der Waals surface area contributed by atoms with Crippen molar-refractivity contribution in [3.05, 3.63) is 16.1 Å². The lowest BCUT2D eigenvalue weighted by Gasteiger charge is -2.17. The van der Waals surface area contributed by atoms with E-state index in [9.17, 15) is 4.79 Å². The number of nitrogens with two attached hydrogens (primary N) is 1. The number of hydrogen-bond donors (Lipinski definition) is 2. The van der Waals surface area contributed by atoms with Crippen LogP contribution in [0.1, 0.15) is 35.8 Å². The summed E-state index contributed by atoms with van der Waals surface area (Å²) in [5.41, 5.74) is 5.97. The van der Waals surface area contributed by atoms with Gasteiger partial charge in [-0.15, -0.1) is 11.3 Å². The minimum absolute atomic E-state index is 0.0842. The third kappa shape index (κ3) is 5.67. The van der Waals surface area contributed by atoms with E-state index in [1.165, 1.54) is 11.3 Å². The van der Waals surface area contributed by atoms with E-state index in [2.05, 4.69) is 29.0 Å². The Hall–Kier alpha value is -0.980. The highest BCUT2D eigenvalue weighted by atomic mass is 32.1. The van der Waals surface area contributed by atoms with E-state index < -0.39 is 0 Å². The van der Waals surface area contributed by atoms with E-state index in [0.717, 1.165) is 37.5 Å². The second kappa shape index (κ2) is 9.01. The Morgan fingerprint density at radius 1 is 1.47 bits per heavy atom. The van der Waals surface area contributed by atoms with Gasteiger partial charge in [0.05, 0.1) is 5.01 Å². The van der Waals surface area contributed by atoms with E-state index in [4.69, 9.17) is 5.73 Å². The first kappa shape index (κ1) is 16.1. The maximum Gasteiger partial charge on any atom is 0.270 e. The summed E-state index contributed by atoms with van der Waals surface area (Å²) in [6, 6.07) is 0. The topological polar surface area (TPSA) is 71.2 Å². The molecule has 0 saturated heterocycles. The molecule has 0 unspecified atom stereocenters. The minimum Gasteiger partial charge on any atom is -0.351 e. The van der Waals surface area contributed by atoms with Gasteiger partial charge in [0.25, 0.3) is 5.91 Å². The van der Waals surface area contributed by atoms with E-state index in [1.807, 2.05) is 0 Å². The van der Waals surface area contributed by atoms with Gasteiger partial charge in [-0.05, 0) is 32.6 Å². The number of hydrogen-bond acceptors (Lipinski definition) is 5. The largest absolute Gasteiger partial charge is 0.351 e. The van der Waals surface area contributed by atoms with Gasteiger partial charge in [-0.2, -0.15) is 0 Å². The Morgan fingerprint density at radius 2 is 2.21 bits per heavy atom. The number of carbonyl (C=O) groups is 1. The van der Waals surface area contributed by atoms with Gasteiger partial charge in [-0.1, -0.05) is 13.8 Å². The van der Waals surface area contributed by atoms with Crippen LogP contribution in [0.4, 0.5) is 0 Å². The van der Waals surface area contributed by atoms with Gasteiger partial charge >= 0.3 is 0 Å². The number of nitrogens with one attached hydrogen (secondary N) is 1. The number of carbonyl (C=O) groups excluding carboxylic acids is 1. The van der Waals surface area contributed by atoms with E-state index in [-0.39, 0.29) is 5.91 Å². The van der Waals surface area contributed by atoms with Crippen LogP contribution in [-0.2, 0) is 6.42 Å². The van der Waals surface area contributed by atoms with Gasteiger partial charge in [0, 0.05) is 18.3 Å². The van der Waals surface area contributed by atoms with Crippen molar-refractivity contribution in [1.29, 1.82) is 0 Å². The van der Waals surface area contributed by atoms with Crippen molar-refractivity contribution in [2.45, 2.75) is 26.7 Å². The molecule has 19 heavy (non-hydrogen) atoms. The van der Waals surface area contributed by atoms with Crippen molar-refractivity contribution in [2.75, 3.05) is 32.7 Å². The lowest BCUT2D eigenvalue weighted by Crippen LogP contribution is -2.30. The van der Waals surface area contributed by atoms with Gasteiger partial charge < -0.3 is 16.0 Å². The quantitative estimate of drug-likeness (QED) is 0.666. The summed E-state index contributed by atoms with van der Waals surface area (Å²) in [5, 5.41) is 5.63. The SMILES string of the molecule is CCN(CC)CCCNC(=O)c1csc(CCN)n1. The Kier molecular flexibility index (Phi) is 7.62. The smallest absolute Gasteiger partial charge is 0.270 e. The lowest BCUT2D eigenvalue weighted by atomic mass is 10.3. The van der Waals surface area contributed by atoms with Crippen molar-refractivity contribution in [3.8, 4) is 0 Å². The monoisotopic (exact) mass is 284 g/mol. The number of thiazole rings is 1. The van der Waals surface area contributed by atoms with Crippen molar-refractivity contribution >= 4 is 17.2 Å². The summed E-state index contributed by atoms with van der Waals surface area (Å²) in [4.78, 5) is 18.4. The Morgan fingerprint density at radius 3 is 2.84 bits per heavy atom. The van der Waals surface area contributed by atoms with Gasteiger partial charge in [-0.25, -0.2) is 4.98 Å². The first-order chi connectivity index (χ1) is 9.21. The molecule has 0 aliphatic rings. The fourth-order valence-electron chi connectivity index (χ4n) is 1.79. The summed E-state index contributed by atoms with van der Waals surface area (Å²) < 4.78 is 0. The molecule has 0 saturated carbocycles. The highest BCUT2D eigenvalue weighted by molar-refractivity contribution is 7.09. The predicted molar refractivity (Wildman–Crippen MR) is 79.6 cm³/mol.